The Labute approximate surface area is 180 Å². The number of rotatable bonds is 5. The Bertz CT molecular complexity index is 1270. The molecule has 6 nitrogen and oxygen atoms in total. The topological polar surface area (TPSA) is 84.1 Å². The molecule has 31 heavy (non-hydrogen) atoms. The predicted molar refractivity (Wildman–Crippen MR) is 121 cm³/mol. The first kappa shape index (κ1) is 20.3. The van der Waals surface area contributed by atoms with Crippen LogP contribution in [0.4, 0.5) is 5.69 Å². The highest BCUT2D eigenvalue weighted by molar-refractivity contribution is 5.97. The number of benzene rings is 3. The van der Waals surface area contributed by atoms with E-state index < -0.39 is 5.97 Å². The largest absolute Gasteiger partial charge is 0.452 e. The Morgan fingerprint density at radius 2 is 1.68 bits per heavy atom. The molecule has 0 aliphatic rings. The van der Waals surface area contributed by atoms with Gasteiger partial charge in [-0.2, -0.15) is 0 Å². The van der Waals surface area contributed by atoms with Crippen molar-refractivity contribution in [3.05, 3.63) is 82.9 Å². The fourth-order valence-electron chi connectivity index (χ4n) is 3.34. The minimum absolute atomic E-state index is 0.353. The van der Waals surface area contributed by atoms with E-state index in [9.17, 15) is 9.59 Å². The third kappa shape index (κ3) is 4.64. The first-order chi connectivity index (χ1) is 14.9. The minimum atomic E-state index is -0.566. The number of hydrogen-bond donors (Lipinski definition) is 2. The predicted octanol–water partition coefficient (Wildman–Crippen LogP) is 4.95. The van der Waals surface area contributed by atoms with Crippen molar-refractivity contribution in [3.63, 3.8) is 0 Å². The molecule has 0 aliphatic heterocycles. The SMILES string of the molecule is Cc1ccc(-c2nc3ccc(C(=O)OCC(=O)Nc4ccc(C)cc4C)cc3[nH]2)cc1. The van der Waals surface area contributed by atoms with Crippen molar-refractivity contribution in [1.82, 2.24) is 9.97 Å². The molecule has 156 valence electrons. The summed E-state index contributed by atoms with van der Waals surface area (Å²) >= 11 is 0. The van der Waals surface area contributed by atoms with Crippen LogP contribution in [0.3, 0.4) is 0 Å². The second kappa shape index (κ2) is 8.44. The van der Waals surface area contributed by atoms with E-state index in [1.165, 1.54) is 5.56 Å². The van der Waals surface area contributed by atoms with Gasteiger partial charge in [-0.3, -0.25) is 4.79 Å². The molecule has 1 heterocycles. The highest BCUT2D eigenvalue weighted by Gasteiger charge is 2.13. The number of nitrogens with one attached hydrogen (secondary N) is 2. The second-order valence-corrected chi connectivity index (χ2v) is 7.63. The van der Waals surface area contributed by atoms with E-state index in [4.69, 9.17) is 4.74 Å². The number of carbonyl (C=O) groups is 2. The summed E-state index contributed by atoms with van der Waals surface area (Å²) in [5, 5.41) is 2.77. The zero-order valence-corrected chi connectivity index (χ0v) is 17.7. The van der Waals surface area contributed by atoms with Gasteiger partial charge in [-0.25, -0.2) is 9.78 Å². The maximum Gasteiger partial charge on any atom is 0.338 e. The number of amides is 1. The van der Waals surface area contributed by atoms with Crippen LogP contribution in [0.1, 0.15) is 27.0 Å². The number of H-pyrrole nitrogens is 1. The third-order valence-corrected chi connectivity index (χ3v) is 5.03. The molecule has 0 atom stereocenters. The van der Waals surface area contributed by atoms with Gasteiger partial charge in [0.05, 0.1) is 16.6 Å². The molecule has 0 fully saturated rings. The summed E-state index contributed by atoms with van der Waals surface area (Å²) < 4.78 is 5.19. The Morgan fingerprint density at radius 1 is 0.935 bits per heavy atom. The van der Waals surface area contributed by atoms with Gasteiger partial charge in [-0.15, -0.1) is 0 Å². The summed E-state index contributed by atoms with van der Waals surface area (Å²) in [5.41, 5.74) is 6.74. The quantitative estimate of drug-likeness (QED) is 0.454. The van der Waals surface area contributed by atoms with Gasteiger partial charge in [-0.1, -0.05) is 47.5 Å². The van der Waals surface area contributed by atoms with Crippen molar-refractivity contribution in [1.29, 1.82) is 0 Å². The summed E-state index contributed by atoms with van der Waals surface area (Å²) in [6, 6.07) is 18.9. The molecule has 0 unspecified atom stereocenters. The van der Waals surface area contributed by atoms with Gasteiger partial charge in [0.15, 0.2) is 6.61 Å². The lowest BCUT2D eigenvalue weighted by Crippen LogP contribution is -2.21. The third-order valence-electron chi connectivity index (χ3n) is 5.03. The van der Waals surface area contributed by atoms with Crippen molar-refractivity contribution in [2.24, 2.45) is 0 Å². The van der Waals surface area contributed by atoms with Crippen LogP contribution >= 0.6 is 0 Å². The Hall–Kier alpha value is -3.93. The summed E-state index contributed by atoms with van der Waals surface area (Å²) in [6.45, 7) is 5.57. The lowest BCUT2D eigenvalue weighted by Gasteiger charge is -2.09. The summed E-state index contributed by atoms with van der Waals surface area (Å²) in [7, 11) is 0. The number of aromatic amines is 1. The van der Waals surface area contributed by atoms with Crippen LogP contribution < -0.4 is 5.32 Å². The van der Waals surface area contributed by atoms with Crippen LogP contribution in [0, 0.1) is 20.8 Å². The molecular formula is C25H23N3O3. The van der Waals surface area contributed by atoms with Crippen LogP contribution in [-0.2, 0) is 9.53 Å². The highest BCUT2D eigenvalue weighted by Crippen LogP contribution is 2.22. The lowest BCUT2D eigenvalue weighted by molar-refractivity contribution is -0.119. The molecule has 0 saturated carbocycles. The molecule has 0 spiro atoms. The number of nitrogens with zero attached hydrogens (tertiary/aromatic N) is 1. The van der Waals surface area contributed by atoms with E-state index in [1.54, 1.807) is 18.2 Å². The molecule has 0 saturated heterocycles. The van der Waals surface area contributed by atoms with Crippen molar-refractivity contribution >= 4 is 28.6 Å². The molecule has 4 aromatic rings. The van der Waals surface area contributed by atoms with E-state index in [2.05, 4.69) is 15.3 Å². The van der Waals surface area contributed by atoms with Crippen molar-refractivity contribution in [3.8, 4) is 11.4 Å². The number of aromatic nitrogens is 2. The van der Waals surface area contributed by atoms with Gasteiger partial charge in [0, 0.05) is 11.3 Å². The van der Waals surface area contributed by atoms with Gasteiger partial charge in [0.25, 0.3) is 5.91 Å². The van der Waals surface area contributed by atoms with Crippen LogP contribution in [0.5, 0.6) is 0 Å². The number of hydrogen-bond acceptors (Lipinski definition) is 4. The van der Waals surface area contributed by atoms with Crippen molar-refractivity contribution in [2.75, 3.05) is 11.9 Å². The smallest absolute Gasteiger partial charge is 0.338 e. The van der Waals surface area contributed by atoms with Crippen LogP contribution in [0.2, 0.25) is 0 Å². The number of carbonyl (C=O) groups excluding carboxylic acids is 2. The molecule has 4 rings (SSSR count). The summed E-state index contributed by atoms with van der Waals surface area (Å²) in [5.74, 6) is -0.220. The molecular weight excluding hydrogens is 390 g/mol. The minimum Gasteiger partial charge on any atom is -0.452 e. The Kier molecular flexibility index (Phi) is 5.54. The molecule has 0 radical (unpaired) electrons. The lowest BCUT2D eigenvalue weighted by atomic mass is 10.1. The first-order valence-electron chi connectivity index (χ1n) is 10.00. The Morgan fingerprint density at radius 3 is 2.42 bits per heavy atom. The van der Waals surface area contributed by atoms with Crippen molar-refractivity contribution in [2.45, 2.75) is 20.8 Å². The van der Waals surface area contributed by atoms with Gasteiger partial charge in [-0.05, 0) is 50.6 Å². The number of ether oxygens (including phenoxy) is 1. The standard InChI is InChI=1S/C25H23N3O3/c1-15-4-7-18(8-5-15)24-27-21-11-9-19(13-22(21)28-24)25(30)31-14-23(29)26-20-10-6-16(2)12-17(20)3/h4-13H,14H2,1-3H3,(H,26,29)(H,27,28). The van der Waals surface area contributed by atoms with E-state index >= 15 is 0 Å². The van der Waals surface area contributed by atoms with Gasteiger partial charge < -0.3 is 15.0 Å². The number of anilines is 1. The number of aryl methyl sites for hydroxylation is 3. The van der Waals surface area contributed by atoms with Crippen LogP contribution in [-0.4, -0.2) is 28.5 Å². The summed E-state index contributed by atoms with van der Waals surface area (Å²) in [4.78, 5) is 32.4. The molecule has 3 aromatic carbocycles. The fourth-order valence-corrected chi connectivity index (χ4v) is 3.34. The van der Waals surface area contributed by atoms with Gasteiger partial charge in [0.1, 0.15) is 5.82 Å². The molecule has 0 bridgehead atoms. The number of imidazole rings is 1. The zero-order chi connectivity index (χ0) is 22.0. The monoisotopic (exact) mass is 413 g/mol. The van der Waals surface area contributed by atoms with Gasteiger partial charge >= 0.3 is 5.97 Å². The Balaban J connectivity index is 1.42. The van der Waals surface area contributed by atoms with E-state index in [1.807, 2.05) is 63.2 Å². The molecule has 2 N–H and O–H groups in total. The average molecular weight is 413 g/mol. The first-order valence-corrected chi connectivity index (χ1v) is 10.00. The summed E-state index contributed by atoms with van der Waals surface area (Å²) in [6.07, 6.45) is 0. The van der Waals surface area contributed by atoms with E-state index in [-0.39, 0.29) is 12.5 Å². The second-order valence-electron chi connectivity index (χ2n) is 7.63. The number of fused-ring (bicyclic) bond motifs is 1. The normalized spacial score (nSPS) is 10.8. The maximum absolute atomic E-state index is 12.4. The van der Waals surface area contributed by atoms with Crippen LogP contribution in [0.15, 0.2) is 60.7 Å². The highest BCUT2D eigenvalue weighted by atomic mass is 16.5. The molecule has 1 amide bonds. The maximum atomic E-state index is 12.4. The number of esters is 1. The van der Waals surface area contributed by atoms with E-state index in [0.717, 1.165) is 33.5 Å². The van der Waals surface area contributed by atoms with E-state index in [0.29, 0.717) is 11.3 Å². The average Bonchev–Trinajstić information content (AvgIpc) is 3.18. The van der Waals surface area contributed by atoms with Crippen LogP contribution in [0.25, 0.3) is 22.4 Å². The molecule has 1 aromatic heterocycles. The van der Waals surface area contributed by atoms with Crippen molar-refractivity contribution < 1.29 is 14.3 Å². The molecule has 6 heteroatoms. The van der Waals surface area contributed by atoms with Gasteiger partial charge in [0.2, 0.25) is 0 Å². The molecule has 0 aliphatic carbocycles. The zero-order valence-electron chi connectivity index (χ0n) is 17.7. The fraction of sp³-hybridized carbons (Fsp3) is 0.160.